The summed E-state index contributed by atoms with van der Waals surface area (Å²) in [5.74, 6) is 0.755. The van der Waals surface area contributed by atoms with Gasteiger partial charge in [0.05, 0.1) is 0 Å². The maximum Gasteiger partial charge on any atom is 0.226 e. The van der Waals surface area contributed by atoms with Crippen molar-refractivity contribution in [2.45, 2.75) is 26.2 Å². The summed E-state index contributed by atoms with van der Waals surface area (Å²) in [7, 11) is 0. The first-order valence-electron chi connectivity index (χ1n) is 5.67. The van der Waals surface area contributed by atoms with E-state index < -0.39 is 0 Å². The number of hydrogen-bond donors (Lipinski definition) is 2. The van der Waals surface area contributed by atoms with E-state index in [1.165, 1.54) is 17.8 Å². The highest BCUT2D eigenvalue weighted by molar-refractivity contribution is 7.15. The summed E-state index contributed by atoms with van der Waals surface area (Å²) >= 11 is 1.52. The highest BCUT2D eigenvalue weighted by Crippen LogP contribution is 2.18. The van der Waals surface area contributed by atoms with Gasteiger partial charge in [0.25, 0.3) is 0 Å². The van der Waals surface area contributed by atoms with Gasteiger partial charge in [-0.15, -0.1) is 23.7 Å². The van der Waals surface area contributed by atoms with Crippen LogP contribution in [0.2, 0.25) is 0 Å². The van der Waals surface area contributed by atoms with Gasteiger partial charge in [-0.2, -0.15) is 0 Å². The zero-order valence-electron chi connectivity index (χ0n) is 9.86. The molecule has 0 aliphatic carbocycles. The van der Waals surface area contributed by atoms with Gasteiger partial charge >= 0.3 is 0 Å². The SMILES string of the molecule is Cc1cnc(NC(=O)CCC2CCNC2)s1.Cl. The van der Waals surface area contributed by atoms with Crippen molar-refractivity contribution in [1.29, 1.82) is 0 Å². The predicted octanol–water partition coefficient (Wildman–Crippen LogP) is 2.20. The molecule has 1 fully saturated rings. The van der Waals surface area contributed by atoms with Crippen LogP contribution in [-0.4, -0.2) is 24.0 Å². The Bertz CT molecular complexity index is 363. The molecule has 96 valence electrons. The lowest BCUT2D eigenvalue weighted by atomic mass is 10.0. The molecular formula is C11H18ClN3OS. The fourth-order valence-corrected chi connectivity index (χ4v) is 2.57. The van der Waals surface area contributed by atoms with Crippen LogP contribution >= 0.6 is 23.7 Å². The highest BCUT2D eigenvalue weighted by atomic mass is 35.5. The van der Waals surface area contributed by atoms with Gasteiger partial charge in [0, 0.05) is 17.5 Å². The summed E-state index contributed by atoms with van der Waals surface area (Å²) in [6, 6.07) is 0. The van der Waals surface area contributed by atoms with E-state index in [0.717, 1.165) is 24.4 Å². The lowest BCUT2D eigenvalue weighted by Crippen LogP contribution is -2.14. The van der Waals surface area contributed by atoms with Crippen molar-refractivity contribution in [2.24, 2.45) is 5.92 Å². The number of anilines is 1. The van der Waals surface area contributed by atoms with Gasteiger partial charge < -0.3 is 10.6 Å². The third kappa shape index (κ3) is 4.61. The molecular weight excluding hydrogens is 258 g/mol. The molecule has 1 unspecified atom stereocenters. The number of nitrogens with zero attached hydrogens (tertiary/aromatic N) is 1. The Labute approximate surface area is 112 Å². The molecule has 0 radical (unpaired) electrons. The van der Waals surface area contributed by atoms with E-state index in [-0.39, 0.29) is 18.3 Å². The lowest BCUT2D eigenvalue weighted by molar-refractivity contribution is -0.116. The van der Waals surface area contributed by atoms with Crippen molar-refractivity contribution in [2.75, 3.05) is 18.4 Å². The Hall–Kier alpha value is -0.650. The van der Waals surface area contributed by atoms with Gasteiger partial charge in [-0.05, 0) is 38.8 Å². The van der Waals surface area contributed by atoms with Crippen molar-refractivity contribution in [3.63, 3.8) is 0 Å². The number of amides is 1. The van der Waals surface area contributed by atoms with Gasteiger partial charge in [-0.1, -0.05) is 0 Å². The monoisotopic (exact) mass is 275 g/mol. The largest absolute Gasteiger partial charge is 0.316 e. The molecule has 0 aromatic carbocycles. The van der Waals surface area contributed by atoms with E-state index in [1.54, 1.807) is 6.20 Å². The first-order valence-corrected chi connectivity index (χ1v) is 6.48. The van der Waals surface area contributed by atoms with Crippen molar-refractivity contribution in [3.8, 4) is 0 Å². The standard InChI is InChI=1S/C11H17N3OS.ClH/c1-8-6-13-11(16-8)14-10(15)3-2-9-4-5-12-7-9;/h6,9,12H,2-5,7H2,1H3,(H,13,14,15);1H. The number of nitrogens with one attached hydrogen (secondary N) is 2. The van der Waals surface area contributed by atoms with E-state index in [2.05, 4.69) is 15.6 Å². The minimum absolute atomic E-state index is 0. The minimum atomic E-state index is 0. The summed E-state index contributed by atoms with van der Waals surface area (Å²) in [5.41, 5.74) is 0. The van der Waals surface area contributed by atoms with Gasteiger partial charge in [0.15, 0.2) is 5.13 Å². The molecule has 1 amide bonds. The maximum atomic E-state index is 11.6. The van der Waals surface area contributed by atoms with E-state index >= 15 is 0 Å². The van der Waals surface area contributed by atoms with Crippen molar-refractivity contribution >= 4 is 34.8 Å². The van der Waals surface area contributed by atoms with E-state index in [1.807, 2.05) is 6.92 Å². The number of halogens is 1. The summed E-state index contributed by atoms with van der Waals surface area (Å²) < 4.78 is 0. The van der Waals surface area contributed by atoms with Crippen molar-refractivity contribution in [1.82, 2.24) is 10.3 Å². The smallest absolute Gasteiger partial charge is 0.226 e. The second kappa shape index (κ2) is 6.93. The molecule has 1 aromatic heterocycles. The Morgan fingerprint density at radius 2 is 2.53 bits per heavy atom. The molecule has 1 aliphatic heterocycles. The summed E-state index contributed by atoms with van der Waals surface area (Å²) in [5, 5.41) is 6.86. The zero-order valence-corrected chi connectivity index (χ0v) is 11.5. The fraction of sp³-hybridized carbons (Fsp3) is 0.636. The quantitative estimate of drug-likeness (QED) is 0.886. The molecule has 2 heterocycles. The highest BCUT2D eigenvalue weighted by Gasteiger charge is 2.15. The summed E-state index contributed by atoms with van der Waals surface area (Å²) in [6.07, 6.45) is 4.55. The molecule has 1 saturated heterocycles. The number of aromatic nitrogens is 1. The summed E-state index contributed by atoms with van der Waals surface area (Å²) in [6.45, 7) is 4.14. The lowest BCUT2D eigenvalue weighted by Gasteiger charge is -2.06. The Morgan fingerprint density at radius 1 is 1.71 bits per heavy atom. The van der Waals surface area contributed by atoms with Crippen LogP contribution in [0.15, 0.2) is 6.20 Å². The number of carbonyl (C=O) groups is 1. The molecule has 1 aromatic rings. The Balaban J connectivity index is 0.00000144. The number of aryl methyl sites for hydroxylation is 1. The number of thiazole rings is 1. The van der Waals surface area contributed by atoms with Crippen LogP contribution in [0.3, 0.4) is 0 Å². The minimum Gasteiger partial charge on any atom is -0.316 e. The van der Waals surface area contributed by atoms with E-state index in [0.29, 0.717) is 17.5 Å². The molecule has 6 heteroatoms. The molecule has 0 bridgehead atoms. The number of carbonyl (C=O) groups excluding carboxylic acids is 1. The van der Waals surface area contributed by atoms with Crippen LogP contribution < -0.4 is 10.6 Å². The third-order valence-electron chi connectivity index (χ3n) is 2.81. The Kier molecular flexibility index (Phi) is 5.88. The van der Waals surface area contributed by atoms with Crippen LogP contribution in [0.4, 0.5) is 5.13 Å². The van der Waals surface area contributed by atoms with Gasteiger partial charge in [0.1, 0.15) is 0 Å². The Morgan fingerprint density at radius 3 is 3.12 bits per heavy atom. The third-order valence-corrected chi connectivity index (χ3v) is 3.64. The van der Waals surface area contributed by atoms with Crippen LogP contribution in [0, 0.1) is 12.8 Å². The van der Waals surface area contributed by atoms with Crippen molar-refractivity contribution < 1.29 is 4.79 Å². The fourth-order valence-electron chi connectivity index (χ4n) is 1.89. The topological polar surface area (TPSA) is 54.0 Å². The average molecular weight is 276 g/mol. The first-order chi connectivity index (χ1) is 7.74. The number of hydrogen-bond acceptors (Lipinski definition) is 4. The normalized spacial score (nSPS) is 18.8. The molecule has 2 rings (SSSR count). The second-order valence-corrected chi connectivity index (χ2v) is 5.46. The molecule has 1 aliphatic rings. The molecule has 4 nitrogen and oxygen atoms in total. The van der Waals surface area contributed by atoms with E-state index in [9.17, 15) is 4.79 Å². The zero-order chi connectivity index (χ0) is 11.4. The van der Waals surface area contributed by atoms with Crippen LogP contribution in [0.5, 0.6) is 0 Å². The molecule has 17 heavy (non-hydrogen) atoms. The van der Waals surface area contributed by atoms with Crippen LogP contribution in [0.25, 0.3) is 0 Å². The maximum absolute atomic E-state index is 11.6. The molecule has 0 spiro atoms. The molecule has 0 saturated carbocycles. The van der Waals surface area contributed by atoms with Crippen LogP contribution in [0.1, 0.15) is 24.1 Å². The number of rotatable bonds is 4. The van der Waals surface area contributed by atoms with Crippen molar-refractivity contribution in [3.05, 3.63) is 11.1 Å². The van der Waals surface area contributed by atoms with E-state index in [4.69, 9.17) is 0 Å². The predicted molar refractivity (Wildman–Crippen MR) is 72.9 cm³/mol. The van der Waals surface area contributed by atoms with Gasteiger partial charge in [0.2, 0.25) is 5.91 Å². The molecule has 2 N–H and O–H groups in total. The average Bonchev–Trinajstić information content (AvgIpc) is 2.87. The second-order valence-electron chi connectivity index (χ2n) is 4.22. The van der Waals surface area contributed by atoms with Gasteiger partial charge in [-0.25, -0.2) is 4.98 Å². The molecule has 1 atom stereocenters. The van der Waals surface area contributed by atoms with Gasteiger partial charge in [-0.3, -0.25) is 4.79 Å². The van der Waals surface area contributed by atoms with Crippen LogP contribution in [-0.2, 0) is 4.79 Å². The summed E-state index contributed by atoms with van der Waals surface area (Å²) in [4.78, 5) is 16.8. The first kappa shape index (κ1) is 14.4.